The van der Waals surface area contributed by atoms with Gasteiger partial charge in [0.15, 0.2) is 0 Å². The fourth-order valence-electron chi connectivity index (χ4n) is 2.90. The average molecular weight is 546 g/mol. The second-order valence-corrected chi connectivity index (χ2v) is 11.2. The summed E-state index contributed by atoms with van der Waals surface area (Å²) in [5, 5.41) is 1.86. The van der Waals surface area contributed by atoms with E-state index in [1.54, 1.807) is 0 Å². The first-order chi connectivity index (χ1) is 13.6. The SMILES string of the molecule is CC(C)(C)[S@+]([O-])N[C@@H](Cc1cc(F)cc(F)c1)c1nc(Br)c2ccccc2c1Br. The van der Waals surface area contributed by atoms with Gasteiger partial charge in [-0.25, -0.2) is 13.8 Å². The lowest BCUT2D eigenvalue weighted by Gasteiger charge is -2.28. The van der Waals surface area contributed by atoms with Crippen molar-refractivity contribution in [2.75, 3.05) is 0 Å². The van der Waals surface area contributed by atoms with E-state index in [1.807, 2.05) is 45.0 Å². The first kappa shape index (κ1) is 22.6. The van der Waals surface area contributed by atoms with Crippen molar-refractivity contribution in [2.45, 2.75) is 38.0 Å². The maximum Gasteiger partial charge on any atom is 0.136 e. The molecule has 0 saturated heterocycles. The normalized spacial score (nSPS) is 14.2. The van der Waals surface area contributed by atoms with E-state index in [-0.39, 0.29) is 6.42 Å². The third kappa shape index (κ3) is 5.35. The number of aromatic nitrogens is 1. The molecule has 3 rings (SSSR count). The van der Waals surface area contributed by atoms with Gasteiger partial charge in [-0.15, -0.1) is 4.72 Å². The van der Waals surface area contributed by atoms with E-state index in [0.29, 0.717) is 15.9 Å². The standard InChI is InChI=1S/C21H20Br2F2N2OS/c1-21(2,3)29(28)27-17(10-12-8-13(24)11-14(25)9-12)19-18(22)15-6-4-5-7-16(15)20(23)26-19/h4-9,11,17,27H,10H2,1-3H3/t17-,29-/m0/s1. The van der Waals surface area contributed by atoms with Crippen LogP contribution in [0.4, 0.5) is 8.78 Å². The minimum absolute atomic E-state index is 0.215. The molecule has 0 spiro atoms. The summed E-state index contributed by atoms with van der Waals surface area (Å²) >= 11 is 5.72. The zero-order valence-electron chi connectivity index (χ0n) is 16.1. The first-order valence-corrected chi connectivity index (χ1v) is 11.7. The van der Waals surface area contributed by atoms with Gasteiger partial charge in [0.1, 0.15) is 21.0 Å². The number of rotatable bonds is 5. The molecule has 0 amide bonds. The zero-order valence-corrected chi connectivity index (χ0v) is 20.1. The van der Waals surface area contributed by atoms with Gasteiger partial charge in [-0.3, -0.25) is 0 Å². The molecule has 154 valence electrons. The molecule has 8 heteroatoms. The molecule has 2 atom stereocenters. The van der Waals surface area contributed by atoms with Crippen molar-refractivity contribution >= 4 is 54.0 Å². The molecule has 0 saturated carbocycles. The Morgan fingerprint density at radius 1 is 1.07 bits per heavy atom. The molecule has 0 bridgehead atoms. The molecule has 0 aliphatic rings. The van der Waals surface area contributed by atoms with E-state index in [4.69, 9.17) is 0 Å². The van der Waals surface area contributed by atoms with Crippen LogP contribution in [0.15, 0.2) is 51.5 Å². The Balaban J connectivity index is 2.09. The van der Waals surface area contributed by atoms with Crippen LogP contribution in [0.25, 0.3) is 10.8 Å². The van der Waals surface area contributed by atoms with E-state index >= 15 is 0 Å². The highest BCUT2D eigenvalue weighted by atomic mass is 79.9. The van der Waals surface area contributed by atoms with Crippen LogP contribution in [0.1, 0.15) is 38.1 Å². The summed E-state index contributed by atoms with van der Waals surface area (Å²) in [5.74, 6) is -1.30. The summed E-state index contributed by atoms with van der Waals surface area (Å²) in [6.07, 6.45) is 0.215. The van der Waals surface area contributed by atoms with Crippen LogP contribution in [0, 0.1) is 11.6 Å². The largest absolute Gasteiger partial charge is 0.598 e. The molecule has 3 aromatic rings. The minimum Gasteiger partial charge on any atom is -0.598 e. The Labute approximate surface area is 188 Å². The fourth-order valence-corrected chi connectivity index (χ4v) is 4.96. The van der Waals surface area contributed by atoms with Crippen molar-refractivity contribution in [3.63, 3.8) is 0 Å². The van der Waals surface area contributed by atoms with Crippen LogP contribution in [-0.2, 0) is 17.8 Å². The molecule has 0 unspecified atom stereocenters. The molecule has 1 aromatic heterocycles. The number of halogens is 4. The van der Waals surface area contributed by atoms with E-state index in [2.05, 4.69) is 41.6 Å². The second-order valence-electron chi connectivity index (χ2n) is 7.68. The van der Waals surface area contributed by atoms with Crippen LogP contribution in [-0.4, -0.2) is 14.3 Å². The molecule has 0 aliphatic heterocycles. The van der Waals surface area contributed by atoms with Gasteiger partial charge in [-0.05, 0) is 76.7 Å². The molecule has 1 N–H and O–H groups in total. The van der Waals surface area contributed by atoms with Crippen LogP contribution in [0.3, 0.4) is 0 Å². The van der Waals surface area contributed by atoms with Gasteiger partial charge < -0.3 is 4.55 Å². The van der Waals surface area contributed by atoms with Crippen LogP contribution in [0.2, 0.25) is 0 Å². The molecule has 1 heterocycles. The van der Waals surface area contributed by atoms with Gasteiger partial charge in [0.25, 0.3) is 0 Å². The third-order valence-corrected chi connectivity index (χ3v) is 7.38. The summed E-state index contributed by atoms with van der Waals surface area (Å²) in [7, 11) is 0. The smallest absolute Gasteiger partial charge is 0.136 e. The molecular weight excluding hydrogens is 526 g/mol. The van der Waals surface area contributed by atoms with Crippen molar-refractivity contribution in [3.8, 4) is 0 Å². The lowest BCUT2D eigenvalue weighted by atomic mass is 10.0. The Hall–Kier alpha value is -1.06. The predicted molar refractivity (Wildman–Crippen MR) is 121 cm³/mol. The summed E-state index contributed by atoms with van der Waals surface area (Å²) in [4.78, 5) is 4.66. The summed E-state index contributed by atoms with van der Waals surface area (Å²) in [5.41, 5.74) is 1.06. The highest BCUT2D eigenvalue weighted by Gasteiger charge is 2.32. The topological polar surface area (TPSA) is 48.0 Å². The number of nitrogens with one attached hydrogen (secondary N) is 1. The Morgan fingerprint density at radius 2 is 1.66 bits per heavy atom. The highest BCUT2D eigenvalue weighted by Crippen LogP contribution is 2.36. The average Bonchev–Trinajstić information content (AvgIpc) is 2.62. The second kappa shape index (κ2) is 8.98. The first-order valence-electron chi connectivity index (χ1n) is 8.93. The number of benzene rings is 2. The lowest BCUT2D eigenvalue weighted by molar-refractivity contribution is 0.516. The summed E-state index contributed by atoms with van der Waals surface area (Å²) < 4.78 is 44.3. The highest BCUT2D eigenvalue weighted by molar-refractivity contribution is 9.11. The molecule has 3 nitrogen and oxygen atoms in total. The maximum absolute atomic E-state index is 13.7. The van der Waals surface area contributed by atoms with Gasteiger partial charge in [0, 0.05) is 32.7 Å². The van der Waals surface area contributed by atoms with Crippen molar-refractivity contribution in [3.05, 3.63) is 74.4 Å². The van der Waals surface area contributed by atoms with Gasteiger partial charge >= 0.3 is 0 Å². The van der Waals surface area contributed by atoms with Gasteiger partial charge in [-0.1, -0.05) is 24.3 Å². The Kier molecular flexibility index (Phi) is 7.00. The molecule has 2 aromatic carbocycles. The van der Waals surface area contributed by atoms with Crippen molar-refractivity contribution < 1.29 is 13.3 Å². The molecule has 0 radical (unpaired) electrons. The van der Waals surface area contributed by atoms with Crippen LogP contribution < -0.4 is 4.72 Å². The molecule has 0 fully saturated rings. The third-order valence-electron chi connectivity index (χ3n) is 4.33. The minimum atomic E-state index is -1.41. The zero-order chi connectivity index (χ0) is 21.3. The van der Waals surface area contributed by atoms with Crippen LogP contribution in [0.5, 0.6) is 0 Å². The molecule has 0 aliphatic carbocycles. The van der Waals surface area contributed by atoms with Gasteiger partial charge in [-0.2, -0.15) is 0 Å². The fraction of sp³-hybridized carbons (Fsp3) is 0.286. The maximum atomic E-state index is 13.7. The van der Waals surface area contributed by atoms with Crippen molar-refractivity contribution in [1.82, 2.24) is 9.71 Å². The van der Waals surface area contributed by atoms with E-state index in [0.717, 1.165) is 21.3 Å². The molecule has 29 heavy (non-hydrogen) atoms. The van der Waals surface area contributed by atoms with Gasteiger partial charge in [0.2, 0.25) is 0 Å². The Morgan fingerprint density at radius 3 is 2.24 bits per heavy atom. The van der Waals surface area contributed by atoms with E-state index in [1.165, 1.54) is 12.1 Å². The molecular formula is C21H20Br2F2N2OS. The lowest BCUT2D eigenvalue weighted by Crippen LogP contribution is -2.42. The summed E-state index contributed by atoms with van der Waals surface area (Å²) in [6.45, 7) is 5.56. The van der Waals surface area contributed by atoms with Crippen molar-refractivity contribution in [2.24, 2.45) is 0 Å². The van der Waals surface area contributed by atoms with Gasteiger partial charge in [0.05, 0.1) is 11.7 Å². The number of pyridine rings is 1. The Bertz CT molecular complexity index is 1020. The number of hydrogen-bond acceptors (Lipinski definition) is 3. The number of fused-ring (bicyclic) bond motifs is 1. The van der Waals surface area contributed by atoms with E-state index < -0.39 is 33.8 Å². The monoisotopic (exact) mass is 544 g/mol. The number of hydrogen-bond donors (Lipinski definition) is 1. The van der Waals surface area contributed by atoms with Crippen LogP contribution >= 0.6 is 31.9 Å². The summed E-state index contributed by atoms with van der Waals surface area (Å²) in [6, 6.07) is 10.6. The van der Waals surface area contributed by atoms with Crippen molar-refractivity contribution in [1.29, 1.82) is 0 Å². The quantitative estimate of drug-likeness (QED) is 0.299. The van der Waals surface area contributed by atoms with E-state index in [9.17, 15) is 13.3 Å². The number of nitrogens with zero attached hydrogens (tertiary/aromatic N) is 1. The predicted octanol–water partition coefficient (Wildman–Crippen LogP) is 6.37.